The molecule has 3 heteroatoms. The van der Waals surface area contributed by atoms with Crippen LogP contribution in [-0.4, -0.2) is 11.5 Å². The first kappa shape index (κ1) is 11.6. The molecule has 1 aromatic carbocycles. The van der Waals surface area contributed by atoms with Crippen molar-refractivity contribution in [3.63, 3.8) is 0 Å². The molecular formula is C14H16N2O. The van der Waals surface area contributed by atoms with Crippen molar-refractivity contribution in [3.05, 3.63) is 53.7 Å². The molecule has 0 saturated carbocycles. The van der Waals surface area contributed by atoms with Crippen molar-refractivity contribution in [2.75, 3.05) is 6.54 Å². The Morgan fingerprint density at radius 3 is 2.53 bits per heavy atom. The third-order valence-electron chi connectivity index (χ3n) is 2.44. The molecule has 1 heterocycles. The summed E-state index contributed by atoms with van der Waals surface area (Å²) in [6.45, 7) is 2.61. The summed E-state index contributed by atoms with van der Waals surface area (Å²) in [5.74, 6) is 1.42. The fourth-order valence-corrected chi connectivity index (χ4v) is 1.59. The van der Waals surface area contributed by atoms with Crippen molar-refractivity contribution < 1.29 is 4.74 Å². The molecule has 2 aromatic rings. The SMILES string of the molecule is Cc1cccc(Oc2ccc(CCN)cc2)n1. The zero-order valence-corrected chi connectivity index (χ0v) is 9.89. The number of aromatic nitrogens is 1. The van der Waals surface area contributed by atoms with Crippen LogP contribution in [0.15, 0.2) is 42.5 Å². The van der Waals surface area contributed by atoms with E-state index >= 15 is 0 Å². The van der Waals surface area contributed by atoms with Crippen LogP contribution >= 0.6 is 0 Å². The van der Waals surface area contributed by atoms with Crippen LogP contribution in [0.2, 0.25) is 0 Å². The molecule has 0 aliphatic heterocycles. The van der Waals surface area contributed by atoms with Gasteiger partial charge in [0.15, 0.2) is 0 Å². The summed E-state index contributed by atoms with van der Waals surface area (Å²) in [6, 6.07) is 13.7. The second kappa shape index (κ2) is 5.46. The monoisotopic (exact) mass is 228 g/mol. The van der Waals surface area contributed by atoms with Crippen molar-refractivity contribution in [3.8, 4) is 11.6 Å². The Kier molecular flexibility index (Phi) is 3.73. The molecule has 88 valence electrons. The second-order valence-corrected chi connectivity index (χ2v) is 3.90. The first-order valence-electron chi connectivity index (χ1n) is 5.68. The lowest BCUT2D eigenvalue weighted by Crippen LogP contribution is -2.02. The molecule has 1 aromatic heterocycles. The van der Waals surface area contributed by atoms with Crippen molar-refractivity contribution in [1.29, 1.82) is 0 Å². The second-order valence-electron chi connectivity index (χ2n) is 3.90. The Balaban J connectivity index is 2.08. The van der Waals surface area contributed by atoms with Crippen LogP contribution in [0.1, 0.15) is 11.3 Å². The molecule has 2 N–H and O–H groups in total. The lowest BCUT2D eigenvalue weighted by atomic mass is 10.1. The Morgan fingerprint density at radius 1 is 1.12 bits per heavy atom. The van der Waals surface area contributed by atoms with Crippen LogP contribution in [0.3, 0.4) is 0 Å². The molecule has 3 nitrogen and oxygen atoms in total. The van der Waals surface area contributed by atoms with Gasteiger partial charge in [0.25, 0.3) is 0 Å². The van der Waals surface area contributed by atoms with E-state index in [-0.39, 0.29) is 0 Å². The number of aryl methyl sites for hydroxylation is 1. The summed E-state index contributed by atoms with van der Waals surface area (Å²) < 4.78 is 5.65. The van der Waals surface area contributed by atoms with Gasteiger partial charge in [0.1, 0.15) is 5.75 Å². The molecule has 17 heavy (non-hydrogen) atoms. The van der Waals surface area contributed by atoms with Crippen molar-refractivity contribution in [2.45, 2.75) is 13.3 Å². The zero-order valence-electron chi connectivity index (χ0n) is 9.89. The smallest absolute Gasteiger partial charge is 0.219 e. The number of nitrogens with two attached hydrogens (primary N) is 1. The highest BCUT2D eigenvalue weighted by molar-refractivity contribution is 5.30. The van der Waals surface area contributed by atoms with E-state index in [4.69, 9.17) is 10.5 Å². The third-order valence-corrected chi connectivity index (χ3v) is 2.44. The highest BCUT2D eigenvalue weighted by Gasteiger charge is 1.99. The van der Waals surface area contributed by atoms with E-state index in [0.29, 0.717) is 12.4 Å². The Bertz CT molecular complexity index is 480. The van der Waals surface area contributed by atoms with Gasteiger partial charge in [-0.1, -0.05) is 18.2 Å². The molecule has 0 bridgehead atoms. The fourth-order valence-electron chi connectivity index (χ4n) is 1.59. The van der Waals surface area contributed by atoms with Gasteiger partial charge in [-0.15, -0.1) is 0 Å². The maximum Gasteiger partial charge on any atom is 0.219 e. The van der Waals surface area contributed by atoms with E-state index in [1.54, 1.807) is 0 Å². The van der Waals surface area contributed by atoms with Gasteiger partial charge >= 0.3 is 0 Å². The summed E-state index contributed by atoms with van der Waals surface area (Å²) in [7, 11) is 0. The largest absolute Gasteiger partial charge is 0.439 e. The Morgan fingerprint density at radius 2 is 1.88 bits per heavy atom. The minimum Gasteiger partial charge on any atom is -0.439 e. The van der Waals surface area contributed by atoms with Crippen LogP contribution in [0.4, 0.5) is 0 Å². The normalized spacial score (nSPS) is 10.2. The van der Waals surface area contributed by atoms with E-state index < -0.39 is 0 Å². The predicted octanol–water partition coefficient (Wildman–Crippen LogP) is 2.68. The molecule has 0 unspecified atom stereocenters. The minimum atomic E-state index is 0.622. The van der Waals surface area contributed by atoms with Crippen LogP contribution < -0.4 is 10.5 Å². The molecule has 0 saturated heterocycles. The van der Waals surface area contributed by atoms with Crippen molar-refractivity contribution in [1.82, 2.24) is 4.98 Å². The number of benzene rings is 1. The summed E-state index contributed by atoms with van der Waals surface area (Å²) >= 11 is 0. The number of rotatable bonds is 4. The lowest BCUT2D eigenvalue weighted by molar-refractivity contribution is 0.461. The summed E-state index contributed by atoms with van der Waals surface area (Å²) in [5.41, 5.74) is 7.66. The average molecular weight is 228 g/mol. The van der Waals surface area contributed by atoms with Gasteiger partial charge in [0, 0.05) is 11.8 Å². The first-order valence-corrected chi connectivity index (χ1v) is 5.68. The number of ether oxygens (including phenoxy) is 1. The number of hydrogen-bond acceptors (Lipinski definition) is 3. The summed E-state index contributed by atoms with van der Waals surface area (Å²) in [6.07, 6.45) is 0.892. The molecule has 0 amide bonds. The first-order chi connectivity index (χ1) is 8.28. The Hall–Kier alpha value is -1.87. The molecule has 0 fully saturated rings. The number of pyridine rings is 1. The maximum atomic E-state index is 5.65. The van der Waals surface area contributed by atoms with Crippen LogP contribution in [0, 0.1) is 6.92 Å². The molecular weight excluding hydrogens is 212 g/mol. The molecule has 2 rings (SSSR count). The zero-order chi connectivity index (χ0) is 12.1. The summed E-state index contributed by atoms with van der Waals surface area (Å²) in [4.78, 5) is 4.29. The van der Waals surface area contributed by atoms with E-state index in [0.717, 1.165) is 17.9 Å². The quantitative estimate of drug-likeness (QED) is 0.875. The molecule has 0 radical (unpaired) electrons. The third kappa shape index (κ3) is 3.29. The van der Waals surface area contributed by atoms with Crippen molar-refractivity contribution >= 4 is 0 Å². The van der Waals surface area contributed by atoms with Gasteiger partial charge in [-0.25, -0.2) is 4.98 Å². The van der Waals surface area contributed by atoms with Crippen LogP contribution in [-0.2, 0) is 6.42 Å². The molecule has 0 spiro atoms. The van der Waals surface area contributed by atoms with E-state index in [1.165, 1.54) is 5.56 Å². The highest BCUT2D eigenvalue weighted by atomic mass is 16.5. The predicted molar refractivity (Wildman–Crippen MR) is 68.2 cm³/mol. The van der Waals surface area contributed by atoms with E-state index in [2.05, 4.69) is 4.98 Å². The van der Waals surface area contributed by atoms with Crippen LogP contribution in [0.25, 0.3) is 0 Å². The van der Waals surface area contributed by atoms with Crippen LogP contribution in [0.5, 0.6) is 11.6 Å². The molecule has 0 aliphatic rings. The molecule has 0 aliphatic carbocycles. The standard InChI is InChI=1S/C14H16N2O/c1-11-3-2-4-14(16-11)17-13-7-5-12(6-8-13)9-10-15/h2-8H,9-10,15H2,1H3. The molecule has 0 atom stereocenters. The fraction of sp³-hybridized carbons (Fsp3) is 0.214. The van der Waals surface area contributed by atoms with Gasteiger partial charge in [-0.3, -0.25) is 0 Å². The minimum absolute atomic E-state index is 0.622. The topological polar surface area (TPSA) is 48.1 Å². The highest BCUT2D eigenvalue weighted by Crippen LogP contribution is 2.19. The van der Waals surface area contributed by atoms with Gasteiger partial charge in [0.2, 0.25) is 5.88 Å². The van der Waals surface area contributed by atoms with Crippen molar-refractivity contribution in [2.24, 2.45) is 5.73 Å². The number of nitrogens with zero attached hydrogens (tertiary/aromatic N) is 1. The van der Waals surface area contributed by atoms with Gasteiger partial charge in [-0.2, -0.15) is 0 Å². The number of hydrogen-bond donors (Lipinski definition) is 1. The summed E-state index contributed by atoms with van der Waals surface area (Å²) in [5, 5.41) is 0. The van der Waals surface area contributed by atoms with E-state index in [1.807, 2.05) is 49.4 Å². The Labute approximate surface area is 101 Å². The van der Waals surface area contributed by atoms with Gasteiger partial charge in [-0.05, 0) is 43.7 Å². The average Bonchev–Trinajstić information content (AvgIpc) is 2.32. The lowest BCUT2D eigenvalue weighted by Gasteiger charge is -2.06. The van der Waals surface area contributed by atoms with E-state index in [9.17, 15) is 0 Å². The maximum absolute atomic E-state index is 5.65. The van der Waals surface area contributed by atoms with Gasteiger partial charge < -0.3 is 10.5 Å². The van der Waals surface area contributed by atoms with Gasteiger partial charge in [0.05, 0.1) is 0 Å².